The number of esters is 1. The molecule has 2 bridgehead atoms. The van der Waals surface area contributed by atoms with E-state index in [1.807, 2.05) is 7.05 Å². The van der Waals surface area contributed by atoms with Gasteiger partial charge in [0, 0.05) is 23.7 Å². The Morgan fingerprint density at radius 1 is 1.33 bits per heavy atom. The Balaban J connectivity index is 2.15. The van der Waals surface area contributed by atoms with Crippen molar-refractivity contribution >= 4 is 11.5 Å². The van der Waals surface area contributed by atoms with Crippen LogP contribution in [0.25, 0.3) is 5.57 Å². The lowest BCUT2D eigenvalue weighted by Gasteiger charge is -2.34. The first-order chi connectivity index (χ1) is 10.0. The molecule has 3 rings (SSSR count). The molecule has 1 saturated heterocycles. The van der Waals surface area contributed by atoms with E-state index in [1.165, 1.54) is 19.2 Å². The molecule has 5 heteroatoms. The minimum absolute atomic E-state index is 0.0457. The number of fused-ring (bicyclic) bond motifs is 2. The van der Waals surface area contributed by atoms with Crippen LogP contribution < -0.4 is 0 Å². The fourth-order valence-corrected chi connectivity index (χ4v) is 3.51. The van der Waals surface area contributed by atoms with Crippen molar-refractivity contribution in [1.29, 1.82) is 0 Å². The van der Waals surface area contributed by atoms with Crippen molar-refractivity contribution in [3.8, 4) is 0 Å². The van der Waals surface area contributed by atoms with E-state index >= 15 is 0 Å². The van der Waals surface area contributed by atoms with Crippen molar-refractivity contribution in [2.75, 3.05) is 14.2 Å². The summed E-state index contributed by atoms with van der Waals surface area (Å²) in [5.74, 6) is -1.67. The maximum absolute atomic E-state index is 14.1. The van der Waals surface area contributed by atoms with Crippen LogP contribution in [-0.2, 0) is 9.53 Å². The van der Waals surface area contributed by atoms with Gasteiger partial charge in [0.1, 0.15) is 11.6 Å². The lowest BCUT2D eigenvalue weighted by atomic mass is 9.88. The zero-order valence-corrected chi connectivity index (χ0v) is 12.0. The van der Waals surface area contributed by atoms with E-state index in [2.05, 4.69) is 4.90 Å². The van der Waals surface area contributed by atoms with Crippen LogP contribution in [0, 0.1) is 11.6 Å². The number of ether oxygens (including phenoxy) is 1. The van der Waals surface area contributed by atoms with E-state index < -0.39 is 17.6 Å². The summed E-state index contributed by atoms with van der Waals surface area (Å²) in [4.78, 5) is 14.3. The molecule has 0 saturated carbocycles. The smallest absolute Gasteiger partial charge is 0.335 e. The van der Waals surface area contributed by atoms with Gasteiger partial charge in [-0.05, 0) is 44.0 Å². The Hall–Kier alpha value is -1.75. The molecular weight excluding hydrogens is 276 g/mol. The number of hydrogen-bond donors (Lipinski definition) is 0. The van der Waals surface area contributed by atoms with Crippen molar-refractivity contribution in [1.82, 2.24) is 4.90 Å². The summed E-state index contributed by atoms with van der Waals surface area (Å²) < 4.78 is 32.1. The Morgan fingerprint density at radius 3 is 2.76 bits per heavy atom. The van der Waals surface area contributed by atoms with Crippen molar-refractivity contribution in [2.24, 2.45) is 0 Å². The molecule has 1 fully saturated rings. The second-order valence-corrected chi connectivity index (χ2v) is 5.62. The van der Waals surface area contributed by atoms with E-state index in [4.69, 9.17) is 4.74 Å². The third-order valence-electron chi connectivity index (χ3n) is 4.60. The summed E-state index contributed by atoms with van der Waals surface area (Å²) >= 11 is 0. The van der Waals surface area contributed by atoms with E-state index in [1.54, 1.807) is 0 Å². The maximum atomic E-state index is 14.1. The Bertz CT molecular complexity index is 627. The topological polar surface area (TPSA) is 29.5 Å². The van der Waals surface area contributed by atoms with E-state index in [0.29, 0.717) is 29.2 Å². The van der Waals surface area contributed by atoms with Crippen LogP contribution >= 0.6 is 0 Å². The van der Waals surface area contributed by atoms with Crippen LogP contribution in [0.1, 0.15) is 24.8 Å². The molecule has 3 nitrogen and oxygen atoms in total. The number of halogens is 2. The average Bonchev–Trinajstić information content (AvgIpc) is 2.70. The summed E-state index contributed by atoms with van der Waals surface area (Å²) in [5, 5.41) is 0. The fraction of sp³-hybridized carbons (Fsp3) is 0.438. The number of hydrogen-bond acceptors (Lipinski definition) is 3. The third-order valence-corrected chi connectivity index (χ3v) is 4.60. The van der Waals surface area contributed by atoms with Gasteiger partial charge in [0.05, 0.1) is 12.7 Å². The summed E-state index contributed by atoms with van der Waals surface area (Å²) in [7, 11) is 3.30. The first-order valence-corrected chi connectivity index (χ1v) is 7.01. The largest absolute Gasteiger partial charge is 0.466 e. The molecule has 0 unspecified atom stereocenters. The molecule has 0 N–H and O–H groups in total. The van der Waals surface area contributed by atoms with Gasteiger partial charge in [-0.2, -0.15) is 0 Å². The molecule has 0 radical (unpaired) electrons. The average molecular weight is 293 g/mol. The maximum Gasteiger partial charge on any atom is 0.335 e. The van der Waals surface area contributed by atoms with Gasteiger partial charge in [-0.15, -0.1) is 0 Å². The second kappa shape index (κ2) is 5.22. The van der Waals surface area contributed by atoms with E-state index in [9.17, 15) is 13.6 Å². The van der Waals surface area contributed by atoms with Crippen LogP contribution in [0.5, 0.6) is 0 Å². The van der Waals surface area contributed by atoms with Crippen molar-refractivity contribution in [2.45, 2.75) is 31.3 Å². The highest BCUT2D eigenvalue weighted by Gasteiger charge is 2.42. The molecule has 2 aliphatic heterocycles. The van der Waals surface area contributed by atoms with Gasteiger partial charge in [-0.3, -0.25) is 4.90 Å². The Labute approximate surface area is 122 Å². The van der Waals surface area contributed by atoms with Crippen LogP contribution in [-0.4, -0.2) is 37.1 Å². The summed E-state index contributed by atoms with van der Waals surface area (Å²) in [6.45, 7) is 0. The van der Waals surface area contributed by atoms with Gasteiger partial charge < -0.3 is 4.74 Å². The standard InChI is InChI=1S/C16H17F2NO2/c1-19-10-4-6-14(19)15(16(20)21-2)12(8-10)11-5-3-9(17)7-13(11)18/h3,5,7,10,14H,4,6,8H2,1-2H3/t10-,14+/m0/s1. The predicted molar refractivity (Wildman–Crippen MR) is 74.5 cm³/mol. The Kier molecular flexibility index (Phi) is 3.53. The van der Waals surface area contributed by atoms with Gasteiger partial charge in [0.15, 0.2) is 0 Å². The quantitative estimate of drug-likeness (QED) is 0.785. The van der Waals surface area contributed by atoms with Gasteiger partial charge >= 0.3 is 5.97 Å². The third kappa shape index (κ3) is 2.25. The van der Waals surface area contributed by atoms with Gasteiger partial charge in [-0.25, -0.2) is 13.6 Å². The van der Waals surface area contributed by atoms with Gasteiger partial charge in [0.2, 0.25) is 0 Å². The number of methoxy groups -OCH3 is 1. The monoisotopic (exact) mass is 293 g/mol. The molecule has 21 heavy (non-hydrogen) atoms. The SMILES string of the molecule is COC(=O)C1=C(c2ccc(F)cc2F)C[C@@H]2CC[C@H]1N2C. The number of benzene rings is 1. The van der Waals surface area contributed by atoms with Gasteiger partial charge in [-0.1, -0.05) is 0 Å². The highest BCUT2D eigenvalue weighted by molar-refractivity contribution is 5.99. The highest BCUT2D eigenvalue weighted by atomic mass is 19.1. The normalized spacial score (nSPS) is 25.3. The van der Waals surface area contributed by atoms with Crippen LogP contribution in [0.3, 0.4) is 0 Å². The first-order valence-electron chi connectivity index (χ1n) is 7.01. The van der Waals surface area contributed by atoms with Crippen LogP contribution in [0.15, 0.2) is 23.8 Å². The zero-order chi connectivity index (χ0) is 15.1. The molecule has 1 aromatic carbocycles. The van der Waals surface area contributed by atoms with Crippen molar-refractivity contribution in [3.05, 3.63) is 41.0 Å². The number of likely N-dealkylation sites (N-methyl/N-ethyl adjacent to an activating group) is 1. The molecule has 2 atom stereocenters. The lowest BCUT2D eigenvalue weighted by Crippen LogP contribution is -2.40. The second-order valence-electron chi connectivity index (χ2n) is 5.62. The van der Waals surface area contributed by atoms with Crippen molar-refractivity contribution in [3.63, 3.8) is 0 Å². The summed E-state index contributed by atoms with van der Waals surface area (Å²) in [5.41, 5.74) is 1.48. The first kappa shape index (κ1) is 14.2. The molecule has 0 aromatic heterocycles. The van der Waals surface area contributed by atoms with Crippen LogP contribution in [0.4, 0.5) is 8.78 Å². The van der Waals surface area contributed by atoms with Gasteiger partial charge in [0.25, 0.3) is 0 Å². The molecule has 0 spiro atoms. The van der Waals surface area contributed by atoms with E-state index in [0.717, 1.165) is 18.9 Å². The minimum atomic E-state index is -0.629. The number of carbonyl (C=O) groups is 1. The van der Waals surface area contributed by atoms with Crippen molar-refractivity contribution < 1.29 is 18.3 Å². The molecule has 0 amide bonds. The summed E-state index contributed by atoms with van der Waals surface area (Å²) in [6, 6.07) is 3.74. The summed E-state index contributed by atoms with van der Waals surface area (Å²) in [6.07, 6.45) is 2.41. The zero-order valence-electron chi connectivity index (χ0n) is 12.0. The molecule has 2 heterocycles. The molecule has 2 aliphatic rings. The van der Waals surface area contributed by atoms with Crippen LogP contribution in [0.2, 0.25) is 0 Å². The highest BCUT2D eigenvalue weighted by Crippen LogP contribution is 2.43. The van der Waals surface area contributed by atoms with E-state index in [-0.39, 0.29) is 6.04 Å². The fourth-order valence-electron chi connectivity index (χ4n) is 3.51. The predicted octanol–water partition coefficient (Wildman–Crippen LogP) is 2.76. The number of nitrogens with zero attached hydrogens (tertiary/aromatic N) is 1. The molecule has 0 aliphatic carbocycles. The minimum Gasteiger partial charge on any atom is -0.466 e. The number of carbonyl (C=O) groups excluding carboxylic acids is 1. The molecule has 1 aromatic rings. The molecular formula is C16H17F2NO2. The molecule has 112 valence electrons. The number of rotatable bonds is 2. The Morgan fingerprint density at radius 2 is 2.10 bits per heavy atom. The lowest BCUT2D eigenvalue weighted by molar-refractivity contribution is -0.136.